The van der Waals surface area contributed by atoms with Crippen LogP contribution >= 0.6 is 0 Å². The molecular weight excluding hydrogens is 286 g/mol. The van der Waals surface area contributed by atoms with Gasteiger partial charge >= 0.3 is 0 Å². The minimum Gasteiger partial charge on any atom is -0.495 e. The van der Waals surface area contributed by atoms with Crippen molar-refractivity contribution >= 4 is 17.3 Å². The van der Waals surface area contributed by atoms with Crippen molar-refractivity contribution in [2.24, 2.45) is 0 Å². The van der Waals surface area contributed by atoms with E-state index in [9.17, 15) is 4.79 Å². The standard InChI is InChI=1S/C15H21N3O4/c1-21-14-4-10(2-3-13(14)16)17-5-11-7-18(15(20)9-19)8-12(6-17)22-11/h2-4,11-12,19H,5-9,16H2,1H3. The Balaban J connectivity index is 1.73. The number of carbonyl (C=O) groups excluding carboxylic acids is 1. The Morgan fingerprint density at radius 1 is 1.36 bits per heavy atom. The monoisotopic (exact) mass is 307 g/mol. The fraction of sp³-hybridized carbons (Fsp3) is 0.533. The highest BCUT2D eigenvalue weighted by Gasteiger charge is 2.36. The number of hydrogen-bond donors (Lipinski definition) is 2. The molecule has 3 N–H and O–H groups in total. The number of nitrogens with two attached hydrogens (primary N) is 1. The lowest BCUT2D eigenvalue weighted by molar-refractivity contribution is -0.150. The number of fused-ring (bicyclic) bond motifs is 2. The van der Waals surface area contributed by atoms with Gasteiger partial charge in [0.1, 0.15) is 12.4 Å². The number of nitrogen functional groups attached to an aromatic ring is 1. The molecule has 2 fully saturated rings. The quantitative estimate of drug-likeness (QED) is 0.745. The molecule has 2 atom stereocenters. The minimum atomic E-state index is -0.446. The van der Waals surface area contributed by atoms with Crippen LogP contribution in [0.4, 0.5) is 11.4 Å². The van der Waals surface area contributed by atoms with E-state index in [2.05, 4.69) is 4.90 Å². The zero-order chi connectivity index (χ0) is 15.7. The summed E-state index contributed by atoms with van der Waals surface area (Å²) in [5, 5.41) is 9.00. The summed E-state index contributed by atoms with van der Waals surface area (Å²) in [6, 6.07) is 5.73. The SMILES string of the molecule is COc1cc(N2CC3CN(C(=O)CO)CC(C2)O3)ccc1N. The Morgan fingerprint density at radius 2 is 2.05 bits per heavy atom. The fourth-order valence-corrected chi connectivity index (χ4v) is 3.10. The van der Waals surface area contributed by atoms with Crippen molar-refractivity contribution in [1.82, 2.24) is 4.90 Å². The van der Waals surface area contributed by atoms with E-state index in [4.69, 9.17) is 20.3 Å². The maximum absolute atomic E-state index is 11.6. The van der Waals surface area contributed by atoms with Crippen molar-refractivity contribution in [3.63, 3.8) is 0 Å². The number of nitrogens with zero attached hydrogens (tertiary/aromatic N) is 2. The highest BCUT2D eigenvalue weighted by atomic mass is 16.5. The molecule has 0 radical (unpaired) electrons. The highest BCUT2D eigenvalue weighted by Crippen LogP contribution is 2.30. The number of rotatable bonds is 3. The number of ether oxygens (including phenoxy) is 2. The Labute approximate surface area is 129 Å². The minimum absolute atomic E-state index is 0.0495. The molecule has 22 heavy (non-hydrogen) atoms. The number of aliphatic hydroxyl groups is 1. The number of hydrogen-bond acceptors (Lipinski definition) is 6. The van der Waals surface area contributed by atoms with Gasteiger partial charge in [-0.3, -0.25) is 4.79 Å². The molecule has 2 aliphatic heterocycles. The Bertz CT molecular complexity index is 552. The number of methoxy groups -OCH3 is 1. The summed E-state index contributed by atoms with van der Waals surface area (Å²) in [6.45, 7) is 1.97. The van der Waals surface area contributed by atoms with E-state index in [0.29, 0.717) is 37.6 Å². The molecule has 7 heteroatoms. The summed E-state index contributed by atoms with van der Waals surface area (Å²) in [6.07, 6.45) is -0.0990. The summed E-state index contributed by atoms with van der Waals surface area (Å²) < 4.78 is 11.2. The summed E-state index contributed by atoms with van der Waals surface area (Å²) in [4.78, 5) is 15.6. The second kappa shape index (κ2) is 6.02. The van der Waals surface area contributed by atoms with Gasteiger partial charge in [-0.2, -0.15) is 0 Å². The van der Waals surface area contributed by atoms with Gasteiger partial charge in [0.25, 0.3) is 0 Å². The molecule has 120 valence electrons. The Morgan fingerprint density at radius 3 is 2.64 bits per heavy atom. The van der Waals surface area contributed by atoms with E-state index in [1.807, 2.05) is 18.2 Å². The predicted molar refractivity (Wildman–Crippen MR) is 81.9 cm³/mol. The first-order chi connectivity index (χ1) is 10.6. The van der Waals surface area contributed by atoms with Gasteiger partial charge in [0, 0.05) is 37.9 Å². The van der Waals surface area contributed by atoms with Gasteiger partial charge in [-0.15, -0.1) is 0 Å². The first-order valence-electron chi connectivity index (χ1n) is 7.33. The first-order valence-corrected chi connectivity index (χ1v) is 7.33. The molecule has 2 heterocycles. The van der Waals surface area contributed by atoms with Crippen molar-refractivity contribution in [1.29, 1.82) is 0 Å². The van der Waals surface area contributed by atoms with E-state index in [1.54, 1.807) is 12.0 Å². The van der Waals surface area contributed by atoms with Gasteiger partial charge in [-0.05, 0) is 12.1 Å². The van der Waals surface area contributed by atoms with Crippen LogP contribution < -0.4 is 15.4 Å². The average Bonchev–Trinajstić information content (AvgIpc) is 2.53. The van der Waals surface area contributed by atoms with Gasteiger partial charge in [0.15, 0.2) is 0 Å². The third kappa shape index (κ3) is 2.82. The molecule has 0 spiro atoms. The largest absolute Gasteiger partial charge is 0.495 e. The van der Waals surface area contributed by atoms with Crippen molar-refractivity contribution in [3.8, 4) is 5.75 Å². The highest BCUT2D eigenvalue weighted by molar-refractivity contribution is 5.77. The molecule has 1 amide bonds. The van der Waals surface area contributed by atoms with Crippen LogP contribution in [0, 0.1) is 0 Å². The maximum Gasteiger partial charge on any atom is 0.248 e. The van der Waals surface area contributed by atoms with Crippen LogP contribution in [0.5, 0.6) is 5.75 Å². The molecule has 2 unspecified atom stereocenters. The second-order valence-corrected chi connectivity index (χ2v) is 5.67. The van der Waals surface area contributed by atoms with Gasteiger partial charge in [0.05, 0.1) is 25.0 Å². The zero-order valence-electron chi connectivity index (χ0n) is 12.6. The number of amides is 1. The summed E-state index contributed by atoms with van der Waals surface area (Å²) >= 11 is 0. The van der Waals surface area contributed by atoms with Crippen molar-refractivity contribution < 1.29 is 19.4 Å². The number of aliphatic hydroxyl groups excluding tert-OH is 1. The lowest BCUT2D eigenvalue weighted by atomic mass is 10.1. The molecule has 0 aromatic heterocycles. The molecule has 1 aromatic carbocycles. The first kappa shape index (κ1) is 14.9. The van der Waals surface area contributed by atoms with Crippen molar-refractivity contribution in [2.75, 3.05) is 50.5 Å². The van der Waals surface area contributed by atoms with Crippen LogP contribution in [-0.4, -0.2) is 68.0 Å². The molecule has 0 aliphatic carbocycles. The van der Waals surface area contributed by atoms with Crippen LogP contribution in [0.3, 0.4) is 0 Å². The number of morpholine rings is 2. The van der Waals surface area contributed by atoms with Crippen LogP contribution in [-0.2, 0) is 9.53 Å². The van der Waals surface area contributed by atoms with E-state index >= 15 is 0 Å². The molecule has 0 saturated carbocycles. The topological polar surface area (TPSA) is 88.3 Å². The number of carbonyl (C=O) groups is 1. The van der Waals surface area contributed by atoms with E-state index in [0.717, 1.165) is 5.69 Å². The smallest absolute Gasteiger partial charge is 0.248 e. The molecule has 7 nitrogen and oxygen atoms in total. The van der Waals surface area contributed by atoms with Crippen LogP contribution in [0.2, 0.25) is 0 Å². The van der Waals surface area contributed by atoms with Gasteiger partial charge < -0.3 is 30.1 Å². The lowest BCUT2D eigenvalue weighted by Gasteiger charge is -2.46. The third-order valence-corrected chi connectivity index (χ3v) is 4.15. The summed E-state index contributed by atoms with van der Waals surface area (Å²) in [5.74, 6) is 0.423. The molecule has 3 rings (SSSR count). The Kier molecular flexibility index (Phi) is 4.08. The molecular formula is C15H21N3O4. The number of benzene rings is 1. The number of anilines is 2. The molecule has 2 saturated heterocycles. The van der Waals surface area contributed by atoms with E-state index < -0.39 is 6.61 Å². The zero-order valence-corrected chi connectivity index (χ0v) is 12.6. The second-order valence-electron chi connectivity index (χ2n) is 5.67. The Hall–Kier alpha value is -1.99. The molecule has 2 bridgehead atoms. The molecule has 1 aromatic rings. The normalized spacial score (nSPS) is 24.3. The van der Waals surface area contributed by atoms with E-state index in [-0.39, 0.29) is 18.1 Å². The van der Waals surface area contributed by atoms with Crippen molar-refractivity contribution in [2.45, 2.75) is 12.2 Å². The lowest BCUT2D eigenvalue weighted by Crippen LogP contribution is -2.61. The summed E-state index contributed by atoms with van der Waals surface area (Å²) in [7, 11) is 1.60. The fourth-order valence-electron chi connectivity index (χ4n) is 3.10. The summed E-state index contributed by atoms with van der Waals surface area (Å²) in [5.41, 5.74) is 7.50. The van der Waals surface area contributed by atoms with E-state index in [1.165, 1.54) is 0 Å². The average molecular weight is 307 g/mol. The van der Waals surface area contributed by atoms with Crippen molar-refractivity contribution in [3.05, 3.63) is 18.2 Å². The van der Waals surface area contributed by atoms with Crippen LogP contribution in [0.25, 0.3) is 0 Å². The van der Waals surface area contributed by atoms with Gasteiger partial charge in [0.2, 0.25) is 5.91 Å². The van der Waals surface area contributed by atoms with Crippen LogP contribution in [0.15, 0.2) is 18.2 Å². The predicted octanol–water partition coefficient (Wildman–Crippen LogP) is -0.314. The molecule has 2 aliphatic rings. The van der Waals surface area contributed by atoms with Gasteiger partial charge in [-0.1, -0.05) is 0 Å². The van der Waals surface area contributed by atoms with Gasteiger partial charge in [-0.25, -0.2) is 0 Å². The third-order valence-electron chi connectivity index (χ3n) is 4.15. The van der Waals surface area contributed by atoms with Crippen LogP contribution in [0.1, 0.15) is 0 Å². The maximum atomic E-state index is 11.6.